The van der Waals surface area contributed by atoms with Gasteiger partial charge in [-0.2, -0.15) is 0 Å². The number of rotatable bonds is 8. The molecular formula is C15H31N3O. The monoisotopic (exact) mass is 269 g/mol. The molecule has 4 nitrogen and oxygen atoms in total. The van der Waals surface area contributed by atoms with Gasteiger partial charge >= 0.3 is 0 Å². The van der Waals surface area contributed by atoms with E-state index >= 15 is 0 Å². The third kappa shape index (κ3) is 6.39. The Hall–Kier alpha value is -0.610. The molecule has 4 heteroatoms. The molecule has 2 unspecified atom stereocenters. The zero-order chi connectivity index (χ0) is 14.3. The van der Waals surface area contributed by atoms with Crippen molar-refractivity contribution >= 4 is 5.91 Å². The number of nitrogens with zero attached hydrogens (tertiary/aromatic N) is 1. The van der Waals surface area contributed by atoms with Crippen molar-refractivity contribution in [3.05, 3.63) is 0 Å². The Balaban J connectivity index is 2.19. The van der Waals surface area contributed by atoms with Gasteiger partial charge in [0.05, 0.1) is 6.54 Å². The first-order valence-corrected chi connectivity index (χ1v) is 7.76. The largest absolute Gasteiger partial charge is 0.353 e. The smallest absolute Gasteiger partial charge is 0.234 e. The molecule has 1 heterocycles. The fourth-order valence-electron chi connectivity index (χ4n) is 2.78. The van der Waals surface area contributed by atoms with E-state index in [0.717, 1.165) is 25.3 Å². The van der Waals surface area contributed by atoms with Crippen LogP contribution in [0.3, 0.4) is 0 Å². The highest BCUT2D eigenvalue weighted by atomic mass is 16.2. The van der Waals surface area contributed by atoms with E-state index in [4.69, 9.17) is 5.73 Å². The Labute approximate surface area is 118 Å². The van der Waals surface area contributed by atoms with Gasteiger partial charge in [-0.3, -0.25) is 9.69 Å². The maximum atomic E-state index is 12.0. The Morgan fingerprint density at radius 3 is 2.74 bits per heavy atom. The van der Waals surface area contributed by atoms with Crippen molar-refractivity contribution in [2.45, 2.75) is 65.0 Å². The molecule has 0 spiro atoms. The van der Waals surface area contributed by atoms with E-state index in [1.165, 1.54) is 19.3 Å². The van der Waals surface area contributed by atoms with E-state index in [-0.39, 0.29) is 11.9 Å². The van der Waals surface area contributed by atoms with E-state index in [2.05, 4.69) is 31.0 Å². The highest BCUT2D eigenvalue weighted by Crippen LogP contribution is 2.15. The highest BCUT2D eigenvalue weighted by Gasteiger charge is 2.25. The number of carbonyl (C=O) groups is 1. The fraction of sp³-hybridized carbons (Fsp3) is 0.933. The van der Waals surface area contributed by atoms with Crippen LogP contribution >= 0.6 is 0 Å². The number of hydrogen-bond donors (Lipinski definition) is 2. The van der Waals surface area contributed by atoms with Crippen molar-refractivity contribution < 1.29 is 4.79 Å². The summed E-state index contributed by atoms with van der Waals surface area (Å²) < 4.78 is 0. The van der Waals surface area contributed by atoms with Crippen molar-refractivity contribution in [2.24, 2.45) is 11.7 Å². The quantitative estimate of drug-likeness (QED) is 0.705. The first-order valence-electron chi connectivity index (χ1n) is 7.76. The van der Waals surface area contributed by atoms with Crippen LogP contribution in [0, 0.1) is 5.92 Å². The van der Waals surface area contributed by atoms with Crippen LogP contribution in [0.1, 0.15) is 52.9 Å². The molecule has 0 aromatic heterocycles. The van der Waals surface area contributed by atoms with Crippen LogP contribution in [0.5, 0.6) is 0 Å². The number of nitrogens with two attached hydrogens (primary N) is 1. The maximum Gasteiger partial charge on any atom is 0.234 e. The second kappa shape index (κ2) is 8.54. The number of likely N-dealkylation sites (tertiary alicyclic amines) is 1. The molecule has 0 radical (unpaired) electrons. The van der Waals surface area contributed by atoms with Gasteiger partial charge in [0, 0.05) is 18.6 Å². The first kappa shape index (κ1) is 16.4. The normalized spacial score (nSPS) is 21.8. The van der Waals surface area contributed by atoms with Gasteiger partial charge < -0.3 is 11.1 Å². The minimum absolute atomic E-state index is 0.150. The summed E-state index contributed by atoms with van der Waals surface area (Å²) in [6, 6.07) is 0.687. The van der Waals surface area contributed by atoms with E-state index in [1.54, 1.807) is 0 Å². The highest BCUT2D eigenvalue weighted by molar-refractivity contribution is 5.78. The molecule has 112 valence electrons. The van der Waals surface area contributed by atoms with Gasteiger partial charge in [0.25, 0.3) is 0 Å². The number of hydrogen-bond acceptors (Lipinski definition) is 3. The van der Waals surface area contributed by atoms with Crippen LogP contribution in [-0.4, -0.2) is 42.5 Å². The molecule has 0 aromatic rings. The molecule has 19 heavy (non-hydrogen) atoms. The van der Waals surface area contributed by atoms with Crippen molar-refractivity contribution in [3.8, 4) is 0 Å². The average Bonchev–Trinajstić information content (AvgIpc) is 2.75. The molecule has 0 aliphatic carbocycles. The Bertz CT molecular complexity index is 268. The van der Waals surface area contributed by atoms with E-state index in [1.807, 2.05) is 0 Å². The molecule has 1 saturated heterocycles. The summed E-state index contributed by atoms with van der Waals surface area (Å²) in [7, 11) is 0. The molecule has 1 aliphatic rings. The van der Waals surface area contributed by atoms with Crippen LogP contribution in [0.2, 0.25) is 0 Å². The first-order chi connectivity index (χ1) is 9.02. The molecule has 3 N–H and O–H groups in total. The number of carbonyl (C=O) groups excluding carboxylic acids is 1. The fourth-order valence-corrected chi connectivity index (χ4v) is 2.78. The van der Waals surface area contributed by atoms with Crippen molar-refractivity contribution in [3.63, 3.8) is 0 Å². The predicted molar refractivity (Wildman–Crippen MR) is 79.9 cm³/mol. The number of nitrogens with one attached hydrogen (secondary N) is 1. The lowest BCUT2D eigenvalue weighted by Gasteiger charge is -2.23. The second-order valence-corrected chi connectivity index (χ2v) is 6.30. The van der Waals surface area contributed by atoms with E-state index < -0.39 is 0 Å². The lowest BCUT2D eigenvalue weighted by atomic mass is 10.0. The summed E-state index contributed by atoms with van der Waals surface area (Å²) in [5.74, 6) is 0.898. The molecule has 0 bridgehead atoms. The van der Waals surface area contributed by atoms with Crippen LogP contribution in [0.25, 0.3) is 0 Å². The van der Waals surface area contributed by atoms with Gasteiger partial charge in [-0.25, -0.2) is 0 Å². The van der Waals surface area contributed by atoms with Crippen molar-refractivity contribution in [2.75, 3.05) is 19.6 Å². The lowest BCUT2D eigenvalue weighted by molar-refractivity contribution is -0.123. The Kier molecular flexibility index (Phi) is 7.39. The average molecular weight is 269 g/mol. The minimum Gasteiger partial charge on any atom is -0.353 e. The third-order valence-corrected chi connectivity index (χ3v) is 3.94. The molecule has 1 rings (SSSR count). The summed E-state index contributed by atoms with van der Waals surface area (Å²) in [4.78, 5) is 14.2. The van der Waals surface area contributed by atoms with Crippen LogP contribution in [0.4, 0.5) is 0 Å². The molecule has 2 atom stereocenters. The minimum atomic E-state index is 0.150. The molecule has 0 saturated carbocycles. The summed E-state index contributed by atoms with van der Waals surface area (Å²) in [6.07, 6.45) is 5.80. The Morgan fingerprint density at radius 1 is 1.37 bits per heavy atom. The van der Waals surface area contributed by atoms with Crippen LogP contribution < -0.4 is 11.1 Å². The molecule has 1 aliphatic heterocycles. The second-order valence-electron chi connectivity index (χ2n) is 6.30. The van der Waals surface area contributed by atoms with Crippen LogP contribution in [-0.2, 0) is 4.79 Å². The van der Waals surface area contributed by atoms with E-state index in [0.29, 0.717) is 19.1 Å². The SMILES string of the molecule is CC(C)CCCC(C)NC(=O)CN1CCCC1CN. The zero-order valence-corrected chi connectivity index (χ0v) is 12.8. The molecule has 1 amide bonds. The van der Waals surface area contributed by atoms with Gasteiger partial charge in [0.1, 0.15) is 0 Å². The maximum absolute atomic E-state index is 12.0. The van der Waals surface area contributed by atoms with Gasteiger partial charge in [-0.05, 0) is 38.6 Å². The van der Waals surface area contributed by atoms with Crippen molar-refractivity contribution in [1.82, 2.24) is 10.2 Å². The van der Waals surface area contributed by atoms with Gasteiger partial charge in [0.2, 0.25) is 5.91 Å². The summed E-state index contributed by atoms with van der Waals surface area (Å²) in [5.41, 5.74) is 5.72. The van der Waals surface area contributed by atoms with Crippen LogP contribution in [0.15, 0.2) is 0 Å². The Morgan fingerprint density at radius 2 is 2.11 bits per heavy atom. The lowest BCUT2D eigenvalue weighted by Crippen LogP contribution is -2.44. The summed E-state index contributed by atoms with van der Waals surface area (Å²) in [6.45, 7) is 8.76. The predicted octanol–water partition coefficient (Wildman–Crippen LogP) is 1.74. The topological polar surface area (TPSA) is 58.4 Å². The van der Waals surface area contributed by atoms with E-state index in [9.17, 15) is 4.79 Å². The zero-order valence-electron chi connectivity index (χ0n) is 12.8. The summed E-state index contributed by atoms with van der Waals surface area (Å²) >= 11 is 0. The van der Waals surface area contributed by atoms with Crippen molar-refractivity contribution in [1.29, 1.82) is 0 Å². The molecule has 0 aromatic carbocycles. The van der Waals surface area contributed by atoms with Gasteiger partial charge in [-0.15, -0.1) is 0 Å². The summed E-state index contributed by atoms with van der Waals surface area (Å²) in [5, 5.41) is 3.10. The van der Waals surface area contributed by atoms with Gasteiger partial charge in [0.15, 0.2) is 0 Å². The standard InChI is InChI=1S/C15H31N3O/c1-12(2)6-4-7-13(3)17-15(19)11-18-9-5-8-14(18)10-16/h12-14H,4-11,16H2,1-3H3,(H,17,19). The number of amides is 1. The molecular weight excluding hydrogens is 238 g/mol. The molecule has 1 fully saturated rings. The van der Waals surface area contributed by atoms with Gasteiger partial charge in [-0.1, -0.05) is 26.7 Å². The third-order valence-electron chi connectivity index (χ3n) is 3.94.